The maximum atomic E-state index is 10.5. The van der Waals surface area contributed by atoms with Crippen LogP contribution in [0.25, 0.3) is 0 Å². The minimum absolute atomic E-state index is 0.396. The first kappa shape index (κ1) is 9.27. The van der Waals surface area contributed by atoms with Gasteiger partial charge in [-0.1, -0.05) is 29.5 Å². The molecule has 4 heteroatoms. The SMILES string of the molecule is O=Cc1cn(CC2Cc3ccccc32)nn1. The van der Waals surface area contributed by atoms with Crippen molar-refractivity contribution in [2.75, 3.05) is 0 Å². The van der Waals surface area contributed by atoms with Gasteiger partial charge >= 0.3 is 0 Å². The molecule has 0 spiro atoms. The fourth-order valence-electron chi connectivity index (χ4n) is 2.21. The number of hydrogen-bond acceptors (Lipinski definition) is 3. The van der Waals surface area contributed by atoms with Crippen LogP contribution in [0.2, 0.25) is 0 Å². The molecule has 0 N–H and O–H groups in total. The summed E-state index contributed by atoms with van der Waals surface area (Å²) in [5.74, 6) is 0.511. The minimum Gasteiger partial charge on any atom is -0.296 e. The van der Waals surface area contributed by atoms with Gasteiger partial charge in [-0.15, -0.1) is 5.10 Å². The molecule has 0 radical (unpaired) electrons. The Balaban J connectivity index is 1.76. The highest BCUT2D eigenvalue weighted by molar-refractivity contribution is 5.70. The molecule has 0 amide bonds. The second-order valence-corrected chi connectivity index (χ2v) is 4.08. The van der Waals surface area contributed by atoms with E-state index in [1.165, 1.54) is 11.1 Å². The fraction of sp³-hybridized carbons (Fsp3) is 0.250. The van der Waals surface area contributed by atoms with Crippen LogP contribution in [0, 0.1) is 0 Å². The minimum atomic E-state index is 0.396. The van der Waals surface area contributed by atoms with Crippen LogP contribution in [-0.4, -0.2) is 21.3 Å². The summed E-state index contributed by atoms with van der Waals surface area (Å²) >= 11 is 0. The van der Waals surface area contributed by atoms with Crippen LogP contribution in [0.5, 0.6) is 0 Å². The van der Waals surface area contributed by atoms with Crippen molar-refractivity contribution in [3.63, 3.8) is 0 Å². The molecule has 1 aliphatic carbocycles. The Kier molecular flexibility index (Phi) is 2.06. The average molecular weight is 213 g/mol. The Labute approximate surface area is 92.9 Å². The van der Waals surface area contributed by atoms with E-state index in [9.17, 15) is 4.79 Å². The number of nitrogens with zero attached hydrogens (tertiary/aromatic N) is 3. The predicted octanol–water partition coefficient (Wildman–Crippen LogP) is 1.43. The van der Waals surface area contributed by atoms with Gasteiger partial charge in [0.05, 0.1) is 6.20 Å². The van der Waals surface area contributed by atoms with Gasteiger partial charge in [-0.3, -0.25) is 9.48 Å². The molecule has 1 aromatic heterocycles. The molecule has 3 rings (SSSR count). The van der Waals surface area contributed by atoms with Gasteiger partial charge in [0, 0.05) is 12.5 Å². The van der Waals surface area contributed by atoms with Gasteiger partial charge in [0.25, 0.3) is 0 Å². The molecule has 1 aromatic carbocycles. The van der Waals surface area contributed by atoms with Crippen LogP contribution in [0.3, 0.4) is 0 Å². The van der Waals surface area contributed by atoms with Gasteiger partial charge in [-0.05, 0) is 17.5 Å². The first-order valence-corrected chi connectivity index (χ1v) is 5.30. The molecule has 16 heavy (non-hydrogen) atoms. The molecular formula is C12H11N3O. The molecule has 1 heterocycles. The number of fused-ring (bicyclic) bond motifs is 1. The third kappa shape index (κ3) is 1.43. The normalized spacial score (nSPS) is 17.6. The number of rotatable bonds is 3. The Bertz CT molecular complexity index is 533. The summed E-state index contributed by atoms with van der Waals surface area (Å²) in [4.78, 5) is 10.5. The van der Waals surface area contributed by atoms with Gasteiger partial charge in [-0.2, -0.15) is 0 Å². The van der Waals surface area contributed by atoms with E-state index in [-0.39, 0.29) is 0 Å². The number of carbonyl (C=O) groups excluding carboxylic acids is 1. The van der Waals surface area contributed by atoms with E-state index in [0.717, 1.165) is 19.3 Å². The molecule has 4 nitrogen and oxygen atoms in total. The van der Waals surface area contributed by atoms with Crippen LogP contribution in [0.4, 0.5) is 0 Å². The Morgan fingerprint density at radius 2 is 2.31 bits per heavy atom. The second kappa shape index (κ2) is 3.56. The highest BCUT2D eigenvalue weighted by Gasteiger charge is 2.25. The Hall–Kier alpha value is -1.97. The zero-order valence-electron chi connectivity index (χ0n) is 8.71. The molecule has 1 unspecified atom stereocenters. The number of hydrogen-bond donors (Lipinski definition) is 0. The molecule has 1 aliphatic rings. The summed E-state index contributed by atoms with van der Waals surface area (Å²) in [6.07, 6.45) is 3.50. The van der Waals surface area contributed by atoms with Crippen molar-refractivity contribution in [1.82, 2.24) is 15.0 Å². The molecule has 2 aromatic rings. The standard InChI is InChI=1S/C12H11N3O/c16-8-11-7-15(14-13-11)6-10-5-9-3-1-2-4-12(9)10/h1-4,7-8,10H,5-6H2. The average Bonchev–Trinajstić information content (AvgIpc) is 2.74. The first-order valence-electron chi connectivity index (χ1n) is 5.30. The highest BCUT2D eigenvalue weighted by Crippen LogP contribution is 2.35. The molecule has 1 atom stereocenters. The summed E-state index contributed by atoms with van der Waals surface area (Å²) in [5.41, 5.74) is 3.21. The monoisotopic (exact) mass is 213 g/mol. The Morgan fingerprint density at radius 1 is 1.44 bits per heavy atom. The lowest BCUT2D eigenvalue weighted by Gasteiger charge is -2.29. The van der Waals surface area contributed by atoms with Crippen LogP contribution in [0.15, 0.2) is 30.5 Å². The summed E-state index contributed by atoms with van der Waals surface area (Å²) in [6, 6.07) is 8.43. The van der Waals surface area contributed by atoms with E-state index in [1.54, 1.807) is 10.9 Å². The summed E-state index contributed by atoms with van der Waals surface area (Å²) in [6.45, 7) is 0.803. The van der Waals surface area contributed by atoms with Gasteiger partial charge < -0.3 is 0 Å². The zero-order chi connectivity index (χ0) is 11.0. The van der Waals surface area contributed by atoms with Crippen LogP contribution >= 0.6 is 0 Å². The van der Waals surface area contributed by atoms with E-state index >= 15 is 0 Å². The summed E-state index contributed by atoms with van der Waals surface area (Å²) < 4.78 is 1.74. The van der Waals surface area contributed by atoms with Crippen LogP contribution in [-0.2, 0) is 13.0 Å². The second-order valence-electron chi connectivity index (χ2n) is 4.08. The predicted molar refractivity (Wildman–Crippen MR) is 58.3 cm³/mol. The van der Waals surface area contributed by atoms with E-state index < -0.39 is 0 Å². The lowest BCUT2D eigenvalue weighted by atomic mass is 9.78. The van der Waals surface area contributed by atoms with E-state index in [0.29, 0.717) is 11.6 Å². The molecule has 0 saturated heterocycles. The molecular weight excluding hydrogens is 202 g/mol. The van der Waals surface area contributed by atoms with Crippen molar-refractivity contribution in [3.05, 3.63) is 47.3 Å². The largest absolute Gasteiger partial charge is 0.296 e. The Morgan fingerprint density at radius 3 is 3.06 bits per heavy atom. The molecule has 0 fully saturated rings. The lowest BCUT2D eigenvalue weighted by Crippen LogP contribution is -2.22. The molecule has 0 saturated carbocycles. The van der Waals surface area contributed by atoms with Gasteiger partial charge in [-0.25, -0.2) is 0 Å². The van der Waals surface area contributed by atoms with Gasteiger partial charge in [0.1, 0.15) is 5.69 Å². The van der Waals surface area contributed by atoms with Gasteiger partial charge in [0.2, 0.25) is 0 Å². The summed E-state index contributed by atoms with van der Waals surface area (Å²) in [5, 5.41) is 7.66. The van der Waals surface area contributed by atoms with Crippen molar-refractivity contribution < 1.29 is 4.79 Å². The van der Waals surface area contributed by atoms with E-state index in [4.69, 9.17) is 0 Å². The number of benzene rings is 1. The lowest BCUT2D eigenvalue weighted by molar-refractivity contribution is 0.111. The smallest absolute Gasteiger partial charge is 0.171 e. The summed E-state index contributed by atoms with van der Waals surface area (Å²) in [7, 11) is 0. The third-order valence-corrected chi connectivity index (χ3v) is 3.05. The van der Waals surface area contributed by atoms with Gasteiger partial charge in [0.15, 0.2) is 6.29 Å². The number of aromatic nitrogens is 3. The van der Waals surface area contributed by atoms with Crippen molar-refractivity contribution in [1.29, 1.82) is 0 Å². The highest BCUT2D eigenvalue weighted by atomic mass is 16.1. The zero-order valence-corrected chi connectivity index (χ0v) is 8.71. The van der Waals surface area contributed by atoms with Crippen molar-refractivity contribution >= 4 is 6.29 Å². The first-order chi connectivity index (χ1) is 7.86. The third-order valence-electron chi connectivity index (χ3n) is 3.05. The van der Waals surface area contributed by atoms with Crippen molar-refractivity contribution in [2.45, 2.75) is 18.9 Å². The van der Waals surface area contributed by atoms with Crippen molar-refractivity contribution in [3.8, 4) is 0 Å². The molecule has 80 valence electrons. The number of carbonyl (C=O) groups is 1. The fourth-order valence-corrected chi connectivity index (χ4v) is 2.21. The maximum absolute atomic E-state index is 10.5. The molecule has 0 bridgehead atoms. The topological polar surface area (TPSA) is 47.8 Å². The van der Waals surface area contributed by atoms with Crippen LogP contribution < -0.4 is 0 Å². The van der Waals surface area contributed by atoms with E-state index in [2.05, 4.69) is 34.6 Å². The number of aldehydes is 1. The van der Waals surface area contributed by atoms with Crippen molar-refractivity contribution in [2.24, 2.45) is 0 Å². The molecule has 0 aliphatic heterocycles. The van der Waals surface area contributed by atoms with Crippen LogP contribution in [0.1, 0.15) is 27.5 Å². The van der Waals surface area contributed by atoms with E-state index in [1.807, 2.05) is 0 Å². The quantitative estimate of drug-likeness (QED) is 0.725. The maximum Gasteiger partial charge on any atom is 0.171 e.